The van der Waals surface area contributed by atoms with Gasteiger partial charge in [0.15, 0.2) is 11.4 Å². The van der Waals surface area contributed by atoms with Gasteiger partial charge in [-0.15, -0.1) is 0 Å². The van der Waals surface area contributed by atoms with Gasteiger partial charge in [-0.2, -0.15) is 5.10 Å². The number of benzene rings is 1. The fourth-order valence-electron chi connectivity index (χ4n) is 3.91. The van der Waals surface area contributed by atoms with Crippen molar-refractivity contribution in [3.63, 3.8) is 0 Å². The van der Waals surface area contributed by atoms with Crippen molar-refractivity contribution < 1.29 is 19.4 Å². The second-order valence-electron chi connectivity index (χ2n) is 9.06. The molecule has 0 saturated carbocycles. The Labute approximate surface area is 199 Å². The lowest BCUT2D eigenvalue weighted by Crippen LogP contribution is -2.39. The van der Waals surface area contributed by atoms with E-state index >= 15 is 0 Å². The van der Waals surface area contributed by atoms with Crippen molar-refractivity contribution >= 4 is 17.2 Å². The van der Waals surface area contributed by atoms with Crippen molar-refractivity contribution in [1.29, 1.82) is 0 Å². The minimum absolute atomic E-state index is 0.175. The van der Waals surface area contributed by atoms with Gasteiger partial charge in [0.25, 0.3) is 5.91 Å². The normalized spacial score (nSPS) is 16.4. The van der Waals surface area contributed by atoms with E-state index in [9.17, 15) is 9.18 Å². The van der Waals surface area contributed by atoms with Gasteiger partial charge >= 0.3 is 0 Å². The lowest BCUT2D eigenvalue weighted by Gasteiger charge is -2.35. The summed E-state index contributed by atoms with van der Waals surface area (Å²) >= 11 is 0. The van der Waals surface area contributed by atoms with Crippen LogP contribution in [0.15, 0.2) is 24.3 Å². The molecule has 4 rings (SSSR count). The summed E-state index contributed by atoms with van der Waals surface area (Å²) in [4.78, 5) is 19.6. The van der Waals surface area contributed by atoms with E-state index in [4.69, 9.17) is 21.0 Å². The number of piperidine rings is 1. The first kappa shape index (κ1) is 25.6. The predicted octanol–water partition coefficient (Wildman–Crippen LogP) is 3.84. The number of aliphatic hydroxyl groups is 2. The van der Waals surface area contributed by atoms with Gasteiger partial charge in [-0.05, 0) is 77.1 Å². The Kier molecular flexibility index (Phi) is 7.57. The van der Waals surface area contributed by atoms with Gasteiger partial charge in [-0.1, -0.05) is 6.92 Å². The molecular weight excluding hydrogens is 437 g/mol. The van der Waals surface area contributed by atoms with E-state index in [1.807, 2.05) is 31.4 Å². The lowest BCUT2D eigenvalue weighted by molar-refractivity contribution is -0.145. The molecule has 1 fully saturated rings. The van der Waals surface area contributed by atoms with Crippen LogP contribution in [-0.4, -0.2) is 48.0 Å². The number of hydrogen-bond acceptors (Lipinski definition) is 6. The van der Waals surface area contributed by atoms with Crippen LogP contribution in [0.25, 0.3) is 5.65 Å². The highest BCUT2D eigenvalue weighted by Gasteiger charge is 2.32. The Balaban J connectivity index is 0.000000481. The number of nitrogens with zero attached hydrogens (tertiary/aromatic N) is 4. The Morgan fingerprint density at radius 3 is 2.56 bits per heavy atom. The monoisotopic (exact) mass is 471 g/mol. The van der Waals surface area contributed by atoms with E-state index < -0.39 is 11.6 Å². The maximum Gasteiger partial charge on any atom is 0.256 e. The van der Waals surface area contributed by atoms with Crippen LogP contribution in [0.4, 0.5) is 10.1 Å². The molecule has 0 bridgehead atoms. The van der Waals surface area contributed by atoms with Crippen molar-refractivity contribution in [2.24, 2.45) is 0 Å². The number of amides is 1. The highest BCUT2D eigenvalue weighted by atomic mass is 19.1. The summed E-state index contributed by atoms with van der Waals surface area (Å²) in [5.74, 6) is -2.18. The van der Waals surface area contributed by atoms with E-state index in [0.29, 0.717) is 13.0 Å². The Morgan fingerprint density at radius 2 is 1.91 bits per heavy atom. The molecule has 34 heavy (non-hydrogen) atoms. The molecule has 4 N–H and O–H groups in total. The number of carbonyl (C=O) groups is 1. The van der Waals surface area contributed by atoms with Crippen LogP contribution < -0.4 is 5.73 Å². The molecular formula is C25H34FN5O3. The average molecular weight is 472 g/mol. The molecule has 1 amide bonds. The molecule has 2 aromatic heterocycles. The SMILES string of the molecule is CCC(C)(O)O.Cc1nc2cc([C@@H]3CCCCN3C(=O)c3cc(F)ccc3N)nn2c(C)c1C. The molecule has 1 aromatic carbocycles. The fourth-order valence-corrected chi connectivity index (χ4v) is 3.91. The molecule has 1 atom stereocenters. The molecule has 0 aliphatic carbocycles. The molecule has 0 unspecified atom stereocenters. The average Bonchev–Trinajstić information content (AvgIpc) is 3.22. The van der Waals surface area contributed by atoms with Gasteiger partial charge in [-0.25, -0.2) is 13.9 Å². The van der Waals surface area contributed by atoms with Crippen LogP contribution in [0.1, 0.15) is 78.6 Å². The van der Waals surface area contributed by atoms with Crippen LogP contribution in [0.2, 0.25) is 0 Å². The third kappa shape index (κ3) is 5.53. The third-order valence-corrected chi connectivity index (χ3v) is 6.42. The summed E-state index contributed by atoms with van der Waals surface area (Å²) < 4.78 is 15.5. The number of nitrogens with two attached hydrogens (primary N) is 1. The number of hydrogen-bond donors (Lipinski definition) is 3. The maximum atomic E-state index is 13.7. The van der Waals surface area contributed by atoms with Crippen molar-refractivity contribution in [3.05, 3.63) is 58.3 Å². The van der Waals surface area contributed by atoms with E-state index in [-0.39, 0.29) is 23.2 Å². The summed E-state index contributed by atoms with van der Waals surface area (Å²) in [6.07, 6.45) is 3.10. The van der Waals surface area contributed by atoms with Crippen molar-refractivity contribution in [2.45, 2.75) is 72.1 Å². The minimum atomic E-state index is -1.46. The van der Waals surface area contributed by atoms with Crippen molar-refractivity contribution in [2.75, 3.05) is 12.3 Å². The van der Waals surface area contributed by atoms with E-state index in [1.54, 1.807) is 11.8 Å². The Morgan fingerprint density at radius 1 is 1.24 bits per heavy atom. The van der Waals surface area contributed by atoms with Crippen LogP contribution in [-0.2, 0) is 0 Å². The summed E-state index contributed by atoms with van der Waals surface area (Å²) in [5, 5.41) is 21.5. The second kappa shape index (κ2) is 10.1. The number of halogens is 1. The van der Waals surface area contributed by atoms with Gasteiger partial charge in [-0.3, -0.25) is 4.79 Å². The minimum Gasteiger partial charge on any atom is -0.398 e. The Hall–Kier alpha value is -3.04. The smallest absolute Gasteiger partial charge is 0.256 e. The number of nitrogen functional groups attached to an aromatic ring is 1. The number of fused-ring (bicyclic) bond motifs is 1. The number of rotatable bonds is 3. The molecule has 1 saturated heterocycles. The summed E-state index contributed by atoms with van der Waals surface area (Å²) in [6.45, 7) is 9.69. The first-order chi connectivity index (χ1) is 15.9. The summed E-state index contributed by atoms with van der Waals surface area (Å²) in [6, 6.07) is 5.69. The molecule has 3 aromatic rings. The Bertz CT molecular complexity index is 1190. The van der Waals surface area contributed by atoms with Crippen LogP contribution in [0.3, 0.4) is 0 Å². The predicted molar refractivity (Wildman–Crippen MR) is 129 cm³/mol. The maximum absolute atomic E-state index is 13.7. The van der Waals surface area contributed by atoms with Crippen molar-refractivity contribution in [3.8, 4) is 0 Å². The number of anilines is 1. The zero-order chi connectivity index (χ0) is 25.2. The summed E-state index contributed by atoms with van der Waals surface area (Å²) in [7, 11) is 0. The first-order valence-electron chi connectivity index (χ1n) is 11.6. The first-order valence-corrected chi connectivity index (χ1v) is 11.6. The molecule has 8 nitrogen and oxygen atoms in total. The molecule has 184 valence electrons. The summed E-state index contributed by atoms with van der Waals surface area (Å²) in [5.41, 5.74) is 11.1. The van der Waals surface area contributed by atoms with E-state index in [0.717, 1.165) is 47.6 Å². The number of likely N-dealkylation sites (tertiary alicyclic amines) is 1. The molecule has 0 spiro atoms. The molecule has 3 heterocycles. The van der Waals surface area contributed by atoms with Crippen LogP contribution in [0, 0.1) is 26.6 Å². The third-order valence-electron chi connectivity index (χ3n) is 6.42. The molecule has 9 heteroatoms. The zero-order valence-electron chi connectivity index (χ0n) is 20.5. The van der Waals surface area contributed by atoms with Gasteiger partial charge in [0.05, 0.1) is 17.3 Å². The second-order valence-corrected chi connectivity index (χ2v) is 9.06. The zero-order valence-corrected chi connectivity index (χ0v) is 20.5. The number of aromatic nitrogens is 3. The highest BCUT2D eigenvalue weighted by molar-refractivity contribution is 5.99. The van der Waals surface area contributed by atoms with Crippen LogP contribution in [0.5, 0.6) is 0 Å². The molecule has 0 radical (unpaired) electrons. The van der Waals surface area contributed by atoms with E-state index in [2.05, 4.69) is 4.98 Å². The fraction of sp³-hybridized carbons (Fsp3) is 0.480. The number of aryl methyl sites for hydroxylation is 2. The lowest BCUT2D eigenvalue weighted by atomic mass is 9.98. The largest absolute Gasteiger partial charge is 0.398 e. The molecule has 1 aliphatic rings. The topological polar surface area (TPSA) is 117 Å². The van der Waals surface area contributed by atoms with Crippen LogP contribution >= 0.6 is 0 Å². The van der Waals surface area contributed by atoms with E-state index in [1.165, 1.54) is 25.1 Å². The van der Waals surface area contributed by atoms with Gasteiger partial charge < -0.3 is 20.8 Å². The highest BCUT2D eigenvalue weighted by Crippen LogP contribution is 2.33. The standard InChI is InChI=1S/C21H24FN5O.C4H10O2/c1-12-13(2)24-20-11-18(25-27(20)14(12)3)19-6-4-5-9-26(19)21(28)16-10-15(22)7-8-17(16)23;1-3-4(2,5)6/h7-8,10-11,19H,4-6,9,23H2,1-3H3;5-6H,3H2,1-2H3/t19-;/m0./s1. The molecule has 1 aliphatic heterocycles. The van der Waals surface area contributed by atoms with Gasteiger partial charge in [0.2, 0.25) is 0 Å². The quantitative estimate of drug-likeness (QED) is 0.395. The van der Waals surface area contributed by atoms with Gasteiger partial charge in [0.1, 0.15) is 5.82 Å². The van der Waals surface area contributed by atoms with Crippen molar-refractivity contribution in [1.82, 2.24) is 19.5 Å². The van der Waals surface area contributed by atoms with Gasteiger partial charge in [0, 0.05) is 29.7 Å². The number of carbonyl (C=O) groups excluding carboxylic acids is 1.